The van der Waals surface area contributed by atoms with Gasteiger partial charge in [0.25, 0.3) is 5.91 Å². The number of ether oxygens (including phenoxy) is 2. The number of nitrogens with one attached hydrogen (secondary N) is 2. The van der Waals surface area contributed by atoms with Gasteiger partial charge in [0, 0.05) is 12.0 Å². The number of carbonyl (C=O) groups excluding carboxylic acids is 2. The van der Waals surface area contributed by atoms with Gasteiger partial charge >= 0.3 is 5.97 Å². The van der Waals surface area contributed by atoms with Crippen LogP contribution in [0, 0.1) is 0 Å². The smallest absolute Gasteiger partial charge is 0.332 e. The number of carbonyl (C=O) groups is 2. The van der Waals surface area contributed by atoms with Crippen LogP contribution in [0.25, 0.3) is 10.2 Å². The van der Waals surface area contributed by atoms with Crippen molar-refractivity contribution in [3.8, 4) is 0 Å². The van der Waals surface area contributed by atoms with E-state index in [2.05, 4.69) is 16.4 Å². The first-order chi connectivity index (χ1) is 15.1. The molecular weight excluding hydrogens is 471 g/mol. The Hall–Kier alpha value is -2.06. The molecule has 2 atom stereocenters. The van der Waals surface area contributed by atoms with Crippen LogP contribution in [-0.4, -0.2) is 41.7 Å². The van der Waals surface area contributed by atoms with Gasteiger partial charge in [0.2, 0.25) is 0 Å². The molecule has 32 heavy (non-hydrogen) atoms. The Morgan fingerprint density at radius 2 is 2.00 bits per heavy atom. The van der Waals surface area contributed by atoms with E-state index >= 15 is 0 Å². The second kappa shape index (κ2) is 9.06. The molecule has 0 fully saturated rings. The van der Waals surface area contributed by atoms with E-state index in [4.69, 9.17) is 32.7 Å². The minimum atomic E-state index is -0.562. The number of benzene rings is 1. The van der Waals surface area contributed by atoms with E-state index in [0.717, 1.165) is 15.8 Å². The van der Waals surface area contributed by atoms with E-state index in [1.807, 2.05) is 39.0 Å². The minimum absolute atomic E-state index is 0.0771. The molecular formula is C23H24Cl2N2O4S. The summed E-state index contributed by atoms with van der Waals surface area (Å²) < 4.78 is 12.3. The average Bonchev–Trinajstić information content (AvgIpc) is 3.34. The lowest BCUT2D eigenvalue weighted by atomic mass is 9.99. The molecule has 0 aliphatic heterocycles. The second-order valence-corrected chi connectivity index (χ2v) is 10.8. The number of amides is 1. The molecule has 4 rings (SSSR count). The Morgan fingerprint density at radius 1 is 1.25 bits per heavy atom. The van der Waals surface area contributed by atoms with E-state index < -0.39 is 11.6 Å². The normalized spacial score (nSPS) is 18.0. The lowest BCUT2D eigenvalue weighted by Crippen LogP contribution is -2.39. The van der Waals surface area contributed by atoms with Gasteiger partial charge < -0.3 is 19.8 Å². The highest BCUT2D eigenvalue weighted by atomic mass is 35.5. The molecule has 0 unspecified atom stereocenters. The van der Waals surface area contributed by atoms with E-state index in [1.165, 1.54) is 11.3 Å². The van der Waals surface area contributed by atoms with Crippen molar-refractivity contribution in [2.45, 2.75) is 44.8 Å². The first-order valence-electron chi connectivity index (χ1n) is 10.3. The zero-order valence-corrected chi connectivity index (χ0v) is 20.3. The number of aromatic nitrogens is 1. The highest BCUT2D eigenvalue weighted by Crippen LogP contribution is 2.39. The number of halogens is 2. The zero-order valence-electron chi connectivity index (χ0n) is 18.0. The zero-order chi connectivity index (χ0) is 23.0. The van der Waals surface area contributed by atoms with Crippen molar-refractivity contribution in [3.05, 3.63) is 56.5 Å². The molecule has 2 N–H and O–H groups in total. The molecule has 1 amide bonds. The molecule has 1 aliphatic rings. The third-order valence-electron chi connectivity index (χ3n) is 5.25. The highest BCUT2D eigenvalue weighted by Gasteiger charge is 2.34. The number of esters is 1. The van der Waals surface area contributed by atoms with Crippen molar-refractivity contribution < 1.29 is 19.1 Å². The standard InChI is InChI=1S/C23H24Cl2N2O4S/c1-23(2,3)31-18(28)11-30-10-14-13-7-5-4-6-12(13)8-15(14)27-22(29)16-9-17-20(26-16)19(24)21(25)32-17/h4-7,9,14-15,26H,8,10-11H2,1-3H3,(H,27,29)/t14-,15-/m1/s1. The van der Waals surface area contributed by atoms with Crippen LogP contribution in [0.15, 0.2) is 30.3 Å². The van der Waals surface area contributed by atoms with Crippen molar-refractivity contribution in [1.82, 2.24) is 10.3 Å². The molecule has 1 aliphatic carbocycles. The lowest BCUT2D eigenvalue weighted by molar-refractivity contribution is -0.160. The summed E-state index contributed by atoms with van der Waals surface area (Å²) in [6.45, 7) is 5.60. The number of thiophene rings is 1. The Morgan fingerprint density at radius 3 is 2.72 bits per heavy atom. The lowest BCUT2D eigenvalue weighted by Gasteiger charge is -2.23. The summed E-state index contributed by atoms with van der Waals surface area (Å²) in [5.74, 6) is -0.714. The Kier molecular flexibility index (Phi) is 6.54. The second-order valence-electron chi connectivity index (χ2n) is 8.80. The van der Waals surface area contributed by atoms with Crippen LogP contribution in [0.4, 0.5) is 0 Å². The Balaban J connectivity index is 1.45. The van der Waals surface area contributed by atoms with Gasteiger partial charge in [-0.15, -0.1) is 11.3 Å². The molecule has 0 saturated carbocycles. The van der Waals surface area contributed by atoms with Gasteiger partial charge in [-0.1, -0.05) is 47.5 Å². The van der Waals surface area contributed by atoms with Crippen molar-refractivity contribution >= 4 is 56.6 Å². The van der Waals surface area contributed by atoms with Crippen LogP contribution in [-0.2, 0) is 20.7 Å². The van der Waals surface area contributed by atoms with Gasteiger partial charge in [0.1, 0.15) is 22.2 Å². The summed E-state index contributed by atoms with van der Waals surface area (Å²) in [4.78, 5) is 28.0. The molecule has 3 aromatic rings. The molecule has 2 aromatic heterocycles. The van der Waals surface area contributed by atoms with E-state index in [-0.39, 0.29) is 24.5 Å². The fraction of sp³-hybridized carbons (Fsp3) is 0.391. The fourth-order valence-corrected chi connectivity index (χ4v) is 5.44. The van der Waals surface area contributed by atoms with Crippen molar-refractivity contribution in [2.75, 3.05) is 13.2 Å². The number of fused-ring (bicyclic) bond motifs is 2. The highest BCUT2D eigenvalue weighted by molar-refractivity contribution is 7.23. The number of H-pyrrole nitrogens is 1. The maximum absolute atomic E-state index is 13.0. The predicted molar refractivity (Wildman–Crippen MR) is 127 cm³/mol. The first kappa shape index (κ1) is 23.1. The van der Waals surface area contributed by atoms with E-state index in [1.54, 1.807) is 6.07 Å². The van der Waals surface area contributed by atoms with Crippen LogP contribution in [0.1, 0.15) is 48.3 Å². The number of hydrogen-bond acceptors (Lipinski definition) is 5. The van der Waals surface area contributed by atoms with Gasteiger partial charge in [0.05, 0.1) is 21.8 Å². The van der Waals surface area contributed by atoms with E-state index in [0.29, 0.717) is 33.6 Å². The third kappa shape index (κ3) is 4.96. The van der Waals surface area contributed by atoms with Gasteiger partial charge in [-0.05, 0) is 44.4 Å². The van der Waals surface area contributed by atoms with Crippen molar-refractivity contribution in [3.63, 3.8) is 0 Å². The monoisotopic (exact) mass is 494 g/mol. The Bertz CT molecular complexity index is 1160. The van der Waals surface area contributed by atoms with Crippen LogP contribution < -0.4 is 5.32 Å². The summed E-state index contributed by atoms with van der Waals surface area (Å²) in [5.41, 5.74) is 2.80. The molecule has 9 heteroatoms. The van der Waals surface area contributed by atoms with Gasteiger partial charge in [-0.2, -0.15) is 0 Å². The first-order valence-corrected chi connectivity index (χ1v) is 11.8. The number of rotatable bonds is 6. The van der Waals surface area contributed by atoms with Gasteiger partial charge in [-0.25, -0.2) is 4.79 Å². The van der Waals surface area contributed by atoms with Gasteiger partial charge in [-0.3, -0.25) is 4.79 Å². The molecule has 0 spiro atoms. The molecule has 170 valence electrons. The summed E-state index contributed by atoms with van der Waals surface area (Å²) in [6.07, 6.45) is 0.685. The van der Waals surface area contributed by atoms with Crippen LogP contribution >= 0.6 is 34.5 Å². The molecule has 0 bridgehead atoms. The summed E-state index contributed by atoms with van der Waals surface area (Å²) >= 11 is 13.6. The van der Waals surface area contributed by atoms with Gasteiger partial charge in [0.15, 0.2) is 0 Å². The van der Waals surface area contributed by atoms with E-state index in [9.17, 15) is 9.59 Å². The molecule has 0 saturated heterocycles. The number of aromatic amines is 1. The molecule has 6 nitrogen and oxygen atoms in total. The predicted octanol–water partition coefficient (Wildman–Crippen LogP) is 5.33. The quantitative estimate of drug-likeness (QED) is 0.453. The third-order valence-corrected chi connectivity index (χ3v) is 7.18. The van der Waals surface area contributed by atoms with Crippen molar-refractivity contribution in [1.29, 1.82) is 0 Å². The maximum Gasteiger partial charge on any atom is 0.332 e. The summed E-state index contributed by atoms with van der Waals surface area (Å²) in [5, 5.41) is 3.54. The largest absolute Gasteiger partial charge is 0.458 e. The summed E-state index contributed by atoms with van der Waals surface area (Å²) in [7, 11) is 0. The fourth-order valence-electron chi connectivity index (χ4n) is 3.96. The van der Waals surface area contributed by atoms with Crippen LogP contribution in [0.5, 0.6) is 0 Å². The molecule has 1 aromatic carbocycles. The van der Waals surface area contributed by atoms with Crippen molar-refractivity contribution in [2.24, 2.45) is 0 Å². The SMILES string of the molecule is CC(C)(C)OC(=O)COC[C@@H]1c2ccccc2C[C@H]1NC(=O)c1cc2sc(Cl)c(Cl)c2[nH]1. The molecule has 2 heterocycles. The summed E-state index contributed by atoms with van der Waals surface area (Å²) in [6, 6.07) is 9.62. The maximum atomic E-state index is 13.0. The Labute approximate surface area is 200 Å². The van der Waals surface area contributed by atoms with Crippen LogP contribution in [0.2, 0.25) is 9.36 Å². The molecule has 0 radical (unpaired) electrons. The average molecular weight is 495 g/mol. The topological polar surface area (TPSA) is 80.4 Å². The minimum Gasteiger partial charge on any atom is -0.458 e. The number of hydrogen-bond donors (Lipinski definition) is 2. The van der Waals surface area contributed by atoms with Crippen LogP contribution in [0.3, 0.4) is 0 Å².